The summed E-state index contributed by atoms with van der Waals surface area (Å²) in [6, 6.07) is 17.6. The van der Waals surface area contributed by atoms with E-state index in [0.29, 0.717) is 6.04 Å². The molecule has 0 radical (unpaired) electrons. The van der Waals surface area contributed by atoms with Gasteiger partial charge in [0.05, 0.1) is 0 Å². The van der Waals surface area contributed by atoms with Crippen molar-refractivity contribution in [3.8, 4) is 0 Å². The quantitative estimate of drug-likeness (QED) is 0.855. The van der Waals surface area contributed by atoms with Gasteiger partial charge in [-0.1, -0.05) is 48.5 Å². The number of likely N-dealkylation sites (N-methyl/N-ethyl adjacent to an activating group) is 1. The summed E-state index contributed by atoms with van der Waals surface area (Å²) in [7, 11) is 2.04. The molecular weight excluding hydrogens is 218 g/mol. The third-order valence-corrected chi connectivity index (χ3v) is 3.60. The minimum absolute atomic E-state index is 0.382. The molecule has 0 spiro atoms. The van der Waals surface area contributed by atoms with Crippen molar-refractivity contribution >= 4 is 0 Å². The number of hydrogen-bond acceptors (Lipinski definition) is 1. The van der Waals surface area contributed by atoms with E-state index in [9.17, 15) is 0 Å². The van der Waals surface area contributed by atoms with E-state index in [2.05, 4.69) is 67.7 Å². The first-order valence-electron chi connectivity index (χ1n) is 6.49. The monoisotopic (exact) mass is 239 g/mol. The van der Waals surface area contributed by atoms with Gasteiger partial charge in [0.2, 0.25) is 0 Å². The summed E-state index contributed by atoms with van der Waals surface area (Å²) in [6.45, 7) is 4.36. The van der Waals surface area contributed by atoms with Crippen molar-refractivity contribution in [3.05, 3.63) is 70.8 Å². The molecular formula is C17H21N. The summed E-state index contributed by atoms with van der Waals surface area (Å²) in [5, 5.41) is 3.43. The summed E-state index contributed by atoms with van der Waals surface area (Å²) in [5.74, 6) is 0. The maximum absolute atomic E-state index is 3.43. The second-order valence-corrected chi connectivity index (χ2v) is 4.83. The van der Waals surface area contributed by atoms with Gasteiger partial charge in [0.1, 0.15) is 0 Å². The van der Waals surface area contributed by atoms with Crippen molar-refractivity contribution in [3.63, 3.8) is 0 Å². The maximum Gasteiger partial charge on any atom is 0.0361 e. The van der Waals surface area contributed by atoms with Crippen LogP contribution in [-0.2, 0) is 6.42 Å². The number of aryl methyl sites for hydroxylation is 2. The molecule has 0 saturated heterocycles. The standard InChI is InChI=1S/C17H21N/c1-13-8-4-6-10-15(13)12-17(18-3)16-11-7-5-9-14(16)2/h4-11,17-18H,12H2,1-3H3. The van der Waals surface area contributed by atoms with Gasteiger partial charge in [-0.25, -0.2) is 0 Å². The number of hydrogen-bond donors (Lipinski definition) is 1. The van der Waals surface area contributed by atoms with E-state index in [4.69, 9.17) is 0 Å². The topological polar surface area (TPSA) is 12.0 Å². The Hall–Kier alpha value is -1.60. The molecule has 2 rings (SSSR count). The summed E-state index contributed by atoms with van der Waals surface area (Å²) in [4.78, 5) is 0. The molecule has 1 heteroatoms. The fraction of sp³-hybridized carbons (Fsp3) is 0.294. The van der Waals surface area contributed by atoms with Crippen LogP contribution in [0.4, 0.5) is 0 Å². The highest BCUT2D eigenvalue weighted by atomic mass is 14.9. The Morgan fingerprint density at radius 3 is 2.11 bits per heavy atom. The van der Waals surface area contributed by atoms with Crippen LogP contribution in [0.2, 0.25) is 0 Å². The van der Waals surface area contributed by atoms with Gasteiger partial charge in [0.25, 0.3) is 0 Å². The molecule has 0 heterocycles. The van der Waals surface area contributed by atoms with Gasteiger partial charge in [-0.3, -0.25) is 0 Å². The lowest BCUT2D eigenvalue weighted by molar-refractivity contribution is 0.587. The van der Waals surface area contributed by atoms with Crippen LogP contribution in [0.5, 0.6) is 0 Å². The van der Waals surface area contributed by atoms with Gasteiger partial charge >= 0.3 is 0 Å². The maximum atomic E-state index is 3.43. The van der Waals surface area contributed by atoms with E-state index >= 15 is 0 Å². The normalized spacial score (nSPS) is 12.4. The lowest BCUT2D eigenvalue weighted by atomic mass is 9.94. The Morgan fingerprint density at radius 1 is 0.889 bits per heavy atom. The first kappa shape index (κ1) is 12.8. The summed E-state index contributed by atoms with van der Waals surface area (Å²) in [6.07, 6.45) is 1.04. The highest BCUT2D eigenvalue weighted by Crippen LogP contribution is 2.22. The average Bonchev–Trinajstić information content (AvgIpc) is 2.39. The smallest absolute Gasteiger partial charge is 0.0361 e. The Bertz CT molecular complexity index is 517. The van der Waals surface area contributed by atoms with Crippen LogP contribution >= 0.6 is 0 Å². The zero-order valence-electron chi connectivity index (χ0n) is 11.4. The van der Waals surface area contributed by atoms with Gasteiger partial charge in [-0.15, -0.1) is 0 Å². The van der Waals surface area contributed by atoms with E-state index in [-0.39, 0.29) is 0 Å². The van der Waals surface area contributed by atoms with Crippen LogP contribution in [0.3, 0.4) is 0 Å². The highest BCUT2D eigenvalue weighted by Gasteiger charge is 2.12. The second kappa shape index (κ2) is 5.83. The van der Waals surface area contributed by atoms with Crippen molar-refractivity contribution in [2.45, 2.75) is 26.3 Å². The number of nitrogens with one attached hydrogen (secondary N) is 1. The molecule has 0 aliphatic heterocycles. The Kier molecular flexibility index (Phi) is 4.16. The third-order valence-electron chi connectivity index (χ3n) is 3.60. The van der Waals surface area contributed by atoms with Crippen molar-refractivity contribution in [2.75, 3.05) is 7.05 Å². The van der Waals surface area contributed by atoms with Crippen molar-refractivity contribution in [1.82, 2.24) is 5.32 Å². The molecule has 2 aromatic carbocycles. The van der Waals surface area contributed by atoms with Crippen molar-refractivity contribution in [1.29, 1.82) is 0 Å². The molecule has 0 saturated carbocycles. The predicted molar refractivity (Wildman–Crippen MR) is 77.9 cm³/mol. The highest BCUT2D eigenvalue weighted by molar-refractivity contribution is 5.32. The Labute approximate surface area is 110 Å². The minimum atomic E-state index is 0.382. The summed E-state index contributed by atoms with van der Waals surface area (Å²) in [5.41, 5.74) is 5.53. The Balaban J connectivity index is 2.26. The van der Waals surface area contributed by atoms with Gasteiger partial charge in [0.15, 0.2) is 0 Å². The zero-order chi connectivity index (χ0) is 13.0. The molecule has 1 unspecified atom stereocenters. The lowest BCUT2D eigenvalue weighted by Crippen LogP contribution is -2.20. The number of rotatable bonds is 4. The molecule has 0 aliphatic rings. The first-order valence-corrected chi connectivity index (χ1v) is 6.49. The fourth-order valence-corrected chi connectivity index (χ4v) is 2.40. The molecule has 2 aromatic rings. The van der Waals surface area contributed by atoms with E-state index in [1.165, 1.54) is 22.3 Å². The van der Waals surface area contributed by atoms with Gasteiger partial charge in [-0.05, 0) is 49.6 Å². The van der Waals surface area contributed by atoms with Gasteiger partial charge < -0.3 is 5.32 Å². The number of benzene rings is 2. The van der Waals surface area contributed by atoms with Gasteiger partial charge in [-0.2, -0.15) is 0 Å². The lowest BCUT2D eigenvalue weighted by Gasteiger charge is -2.20. The molecule has 0 bridgehead atoms. The predicted octanol–water partition coefficient (Wildman–Crippen LogP) is 3.81. The zero-order valence-corrected chi connectivity index (χ0v) is 11.4. The largest absolute Gasteiger partial charge is 0.313 e. The molecule has 0 fully saturated rings. The average molecular weight is 239 g/mol. The SMILES string of the molecule is CNC(Cc1ccccc1C)c1ccccc1C. The van der Waals surface area contributed by atoms with Crippen LogP contribution in [0.1, 0.15) is 28.3 Å². The van der Waals surface area contributed by atoms with Crippen LogP contribution in [0.15, 0.2) is 48.5 Å². The van der Waals surface area contributed by atoms with Crippen molar-refractivity contribution in [2.24, 2.45) is 0 Å². The first-order chi connectivity index (χ1) is 8.72. The van der Waals surface area contributed by atoms with Gasteiger partial charge in [0, 0.05) is 6.04 Å². The molecule has 1 N–H and O–H groups in total. The molecule has 1 nitrogen and oxygen atoms in total. The van der Waals surface area contributed by atoms with Crippen LogP contribution < -0.4 is 5.32 Å². The second-order valence-electron chi connectivity index (χ2n) is 4.83. The van der Waals surface area contributed by atoms with E-state index in [1.54, 1.807) is 0 Å². The van der Waals surface area contributed by atoms with Crippen LogP contribution in [0.25, 0.3) is 0 Å². The fourth-order valence-electron chi connectivity index (χ4n) is 2.40. The van der Waals surface area contributed by atoms with Crippen molar-refractivity contribution < 1.29 is 0 Å². The molecule has 18 heavy (non-hydrogen) atoms. The van der Waals surface area contributed by atoms with E-state index in [0.717, 1.165) is 6.42 Å². The third kappa shape index (κ3) is 2.80. The summed E-state index contributed by atoms with van der Waals surface area (Å²) < 4.78 is 0. The summed E-state index contributed by atoms with van der Waals surface area (Å²) >= 11 is 0. The molecule has 0 aliphatic carbocycles. The molecule has 1 atom stereocenters. The minimum Gasteiger partial charge on any atom is -0.313 e. The van der Waals surface area contributed by atoms with E-state index in [1.807, 2.05) is 7.05 Å². The molecule has 0 amide bonds. The van der Waals surface area contributed by atoms with Crippen LogP contribution in [-0.4, -0.2) is 7.05 Å². The molecule has 0 aromatic heterocycles. The van der Waals surface area contributed by atoms with E-state index < -0.39 is 0 Å². The Morgan fingerprint density at radius 2 is 1.50 bits per heavy atom. The molecule has 94 valence electrons. The van der Waals surface area contributed by atoms with Crippen LogP contribution in [0, 0.1) is 13.8 Å².